The van der Waals surface area contributed by atoms with Crippen molar-refractivity contribution in [3.63, 3.8) is 0 Å². The summed E-state index contributed by atoms with van der Waals surface area (Å²) in [5, 5.41) is 10.7. The number of alkyl halides is 3. The van der Waals surface area contributed by atoms with Gasteiger partial charge in [-0.25, -0.2) is 0 Å². The van der Waals surface area contributed by atoms with Crippen LogP contribution in [-0.4, -0.2) is 11.2 Å². The summed E-state index contributed by atoms with van der Waals surface area (Å²) in [5.74, 6) is -2.13. The topological polar surface area (TPSA) is 73.3 Å². The molecule has 0 saturated heterocycles. The molecule has 0 radical (unpaired) electrons. The molecule has 9 heteroatoms. The Morgan fingerprint density at radius 3 is 2.38 bits per heavy atom. The first-order valence-electron chi connectivity index (χ1n) is 5.34. The van der Waals surface area contributed by atoms with E-state index in [1.807, 2.05) is 0 Å². The SMILES string of the molecule is O=Cc1ccc(-c2cc(C(F)(F)F)cc([N+](=O)[O-])c2F)o1. The van der Waals surface area contributed by atoms with Crippen molar-refractivity contribution in [2.45, 2.75) is 6.18 Å². The fourth-order valence-corrected chi connectivity index (χ4v) is 1.65. The average molecular weight is 303 g/mol. The summed E-state index contributed by atoms with van der Waals surface area (Å²) in [6, 6.07) is 2.64. The molecule has 2 rings (SSSR count). The van der Waals surface area contributed by atoms with Crippen molar-refractivity contribution in [2.75, 3.05) is 0 Å². The summed E-state index contributed by atoms with van der Waals surface area (Å²) < 4.78 is 56.8. The number of furan rings is 1. The molecular weight excluding hydrogens is 298 g/mol. The van der Waals surface area contributed by atoms with E-state index in [9.17, 15) is 32.5 Å². The maximum Gasteiger partial charge on any atom is 0.416 e. The minimum absolute atomic E-state index is 0.0996. The molecule has 0 saturated carbocycles. The first kappa shape index (κ1) is 14.7. The molecule has 0 N–H and O–H groups in total. The molecule has 0 amide bonds. The third-order valence-electron chi connectivity index (χ3n) is 2.59. The molecule has 1 aromatic carbocycles. The Morgan fingerprint density at radius 1 is 1.24 bits per heavy atom. The first-order valence-corrected chi connectivity index (χ1v) is 5.34. The highest BCUT2D eigenvalue weighted by Gasteiger charge is 2.35. The summed E-state index contributed by atoms with van der Waals surface area (Å²) in [6.45, 7) is 0. The zero-order chi connectivity index (χ0) is 15.8. The molecule has 5 nitrogen and oxygen atoms in total. The molecule has 110 valence electrons. The van der Waals surface area contributed by atoms with E-state index < -0.39 is 39.5 Å². The van der Waals surface area contributed by atoms with Crippen LogP contribution >= 0.6 is 0 Å². The van der Waals surface area contributed by atoms with Crippen LogP contribution in [-0.2, 0) is 6.18 Å². The summed E-state index contributed by atoms with van der Waals surface area (Å²) in [5.41, 5.74) is -3.47. The Balaban J connectivity index is 2.71. The number of rotatable bonds is 3. The fraction of sp³-hybridized carbons (Fsp3) is 0.0833. The van der Waals surface area contributed by atoms with Crippen LogP contribution in [0.4, 0.5) is 23.2 Å². The average Bonchev–Trinajstić information content (AvgIpc) is 2.85. The van der Waals surface area contributed by atoms with E-state index >= 15 is 0 Å². The lowest BCUT2D eigenvalue weighted by molar-refractivity contribution is -0.387. The molecule has 0 atom stereocenters. The number of hydrogen-bond donors (Lipinski definition) is 0. The zero-order valence-electron chi connectivity index (χ0n) is 9.98. The number of benzene rings is 1. The largest absolute Gasteiger partial charge is 0.453 e. The van der Waals surface area contributed by atoms with Crippen molar-refractivity contribution in [3.8, 4) is 11.3 Å². The molecule has 0 unspecified atom stereocenters. The van der Waals surface area contributed by atoms with Crippen molar-refractivity contribution in [3.05, 3.63) is 51.5 Å². The molecule has 0 aliphatic rings. The van der Waals surface area contributed by atoms with E-state index in [4.69, 9.17) is 4.42 Å². The second kappa shape index (κ2) is 5.00. The van der Waals surface area contributed by atoms with Crippen LogP contribution in [0.25, 0.3) is 11.3 Å². The lowest BCUT2D eigenvalue weighted by Gasteiger charge is -2.09. The Morgan fingerprint density at radius 2 is 1.90 bits per heavy atom. The monoisotopic (exact) mass is 303 g/mol. The highest BCUT2D eigenvalue weighted by Crippen LogP contribution is 2.38. The van der Waals surface area contributed by atoms with Crippen molar-refractivity contribution in [2.24, 2.45) is 0 Å². The van der Waals surface area contributed by atoms with Crippen LogP contribution in [0.2, 0.25) is 0 Å². The number of nitrogens with zero attached hydrogens (tertiary/aromatic N) is 1. The summed E-state index contributed by atoms with van der Waals surface area (Å²) in [6.07, 6.45) is -4.63. The molecule has 21 heavy (non-hydrogen) atoms. The summed E-state index contributed by atoms with van der Waals surface area (Å²) in [7, 11) is 0. The van der Waals surface area contributed by atoms with E-state index in [2.05, 4.69) is 0 Å². The zero-order valence-corrected chi connectivity index (χ0v) is 9.98. The minimum Gasteiger partial charge on any atom is -0.453 e. The normalized spacial score (nSPS) is 11.4. The highest BCUT2D eigenvalue weighted by atomic mass is 19.4. The van der Waals surface area contributed by atoms with E-state index in [0.717, 1.165) is 12.1 Å². The molecule has 1 heterocycles. The Kier molecular flexibility index (Phi) is 3.50. The smallest absolute Gasteiger partial charge is 0.416 e. The van der Waals surface area contributed by atoms with Gasteiger partial charge < -0.3 is 4.42 Å². The summed E-state index contributed by atoms with van der Waals surface area (Å²) in [4.78, 5) is 19.9. The van der Waals surface area contributed by atoms with Crippen molar-refractivity contribution in [1.29, 1.82) is 0 Å². The number of aldehydes is 1. The molecule has 0 fully saturated rings. The van der Waals surface area contributed by atoms with Gasteiger partial charge >= 0.3 is 11.9 Å². The number of carbonyl (C=O) groups excluding carboxylic acids is 1. The molecular formula is C12H5F4NO4. The van der Waals surface area contributed by atoms with Crippen LogP contribution < -0.4 is 0 Å². The second-order valence-corrected chi connectivity index (χ2v) is 3.93. The molecule has 0 aliphatic carbocycles. The first-order chi connectivity index (χ1) is 9.74. The molecule has 0 bridgehead atoms. The lowest BCUT2D eigenvalue weighted by Crippen LogP contribution is -2.07. The number of nitro benzene ring substituents is 1. The predicted octanol–water partition coefficient (Wildman–Crippen LogP) is 3.83. The van der Waals surface area contributed by atoms with Gasteiger partial charge in [-0.1, -0.05) is 0 Å². The van der Waals surface area contributed by atoms with E-state index in [-0.39, 0.29) is 18.1 Å². The molecule has 1 aromatic heterocycles. The van der Waals surface area contributed by atoms with Gasteiger partial charge in [0.2, 0.25) is 5.82 Å². The van der Waals surface area contributed by atoms with Crippen LogP contribution in [0.15, 0.2) is 28.7 Å². The maximum absolute atomic E-state index is 13.9. The third kappa shape index (κ3) is 2.76. The number of carbonyl (C=O) groups is 1. The van der Waals surface area contributed by atoms with E-state index in [1.165, 1.54) is 0 Å². The fourth-order valence-electron chi connectivity index (χ4n) is 1.65. The highest BCUT2D eigenvalue weighted by molar-refractivity contribution is 5.73. The van der Waals surface area contributed by atoms with Gasteiger partial charge in [0.15, 0.2) is 12.0 Å². The Bertz CT molecular complexity index is 721. The van der Waals surface area contributed by atoms with Gasteiger partial charge in [-0.3, -0.25) is 14.9 Å². The van der Waals surface area contributed by atoms with Crippen molar-refractivity contribution in [1.82, 2.24) is 0 Å². The Hall–Kier alpha value is -2.71. The minimum atomic E-state index is -4.90. The van der Waals surface area contributed by atoms with Crippen LogP contribution in [0.5, 0.6) is 0 Å². The van der Waals surface area contributed by atoms with E-state index in [0.29, 0.717) is 6.07 Å². The number of nitro groups is 1. The summed E-state index contributed by atoms with van der Waals surface area (Å²) >= 11 is 0. The van der Waals surface area contributed by atoms with Crippen LogP contribution in [0, 0.1) is 15.9 Å². The maximum atomic E-state index is 13.9. The van der Waals surface area contributed by atoms with Crippen molar-refractivity contribution < 1.29 is 31.7 Å². The van der Waals surface area contributed by atoms with Gasteiger partial charge in [0.1, 0.15) is 5.76 Å². The van der Waals surface area contributed by atoms with Gasteiger partial charge in [-0.05, 0) is 18.2 Å². The molecule has 0 aliphatic heterocycles. The Labute approximate surface area is 113 Å². The van der Waals surface area contributed by atoms with E-state index in [1.54, 1.807) is 0 Å². The third-order valence-corrected chi connectivity index (χ3v) is 2.59. The van der Waals surface area contributed by atoms with Gasteiger partial charge in [-0.2, -0.15) is 17.6 Å². The molecule has 0 spiro atoms. The van der Waals surface area contributed by atoms with Crippen molar-refractivity contribution >= 4 is 12.0 Å². The second-order valence-electron chi connectivity index (χ2n) is 3.93. The van der Waals surface area contributed by atoms with Gasteiger partial charge in [0.05, 0.1) is 16.1 Å². The number of hydrogen-bond acceptors (Lipinski definition) is 4. The molecule has 2 aromatic rings. The standard InChI is InChI=1S/C12H5F4NO4/c13-11-8(10-2-1-7(5-18)21-10)3-6(12(14,15)16)4-9(11)17(19)20/h1-5H. The predicted molar refractivity (Wildman–Crippen MR) is 61.1 cm³/mol. The van der Waals surface area contributed by atoms with Gasteiger partial charge in [-0.15, -0.1) is 0 Å². The van der Waals surface area contributed by atoms with Crippen LogP contribution in [0.1, 0.15) is 16.1 Å². The van der Waals surface area contributed by atoms with Gasteiger partial charge in [0, 0.05) is 6.07 Å². The quantitative estimate of drug-likeness (QED) is 0.374. The van der Waals surface area contributed by atoms with Crippen LogP contribution in [0.3, 0.4) is 0 Å². The lowest BCUT2D eigenvalue weighted by atomic mass is 10.1. The number of halogens is 4. The van der Waals surface area contributed by atoms with Gasteiger partial charge in [0.25, 0.3) is 0 Å².